The molecule has 5 heteroatoms. The van der Waals surface area contributed by atoms with Crippen LogP contribution in [0.3, 0.4) is 0 Å². The van der Waals surface area contributed by atoms with Crippen molar-refractivity contribution in [1.29, 1.82) is 0 Å². The molecular weight excluding hydrogens is 254 g/mol. The van der Waals surface area contributed by atoms with E-state index >= 15 is 0 Å². The van der Waals surface area contributed by atoms with Gasteiger partial charge in [0.1, 0.15) is 0 Å². The third-order valence-corrected chi connectivity index (χ3v) is 4.64. The highest BCUT2D eigenvalue weighted by molar-refractivity contribution is 5.94. The van der Waals surface area contributed by atoms with E-state index in [1.165, 1.54) is 0 Å². The Morgan fingerprint density at radius 2 is 1.90 bits per heavy atom. The third-order valence-electron chi connectivity index (χ3n) is 4.64. The molecule has 0 unspecified atom stereocenters. The summed E-state index contributed by atoms with van der Waals surface area (Å²) in [7, 11) is 0. The van der Waals surface area contributed by atoms with Crippen LogP contribution in [0.15, 0.2) is 24.5 Å². The lowest BCUT2D eigenvalue weighted by atomic mass is 9.76. The molecule has 0 radical (unpaired) electrons. The molecule has 0 atom stereocenters. The molecule has 1 aromatic rings. The molecule has 0 saturated carbocycles. The number of hydrogen-bond donors (Lipinski definition) is 0. The molecule has 3 rings (SSSR count). The summed E-state index contributed by atoms with van der Waals surface area (Å²) >= 11 is 0. The zero-order chi connectivity index (χ0) is 14.2. The average Bonchev–Trinajstić information content (AvgIpc) is 2.46. The first-order valence-electron chi connectivity index (χ1n) is 7.10. The first kappa shape index (κ1) is 13.1. The molecule has 20 heavy (non-hydrogen) atoms. The maximum absolute atomic E-state index is 12.3. The van der Waals surface area contributed by atoms with Gasteiger partial charge in [0, 0.05) is 44.5 Å². The molecule has 1 spiro atoms. The van der Waals surface area contributed by atoms with Gasteiger partial charge in [0.25, 0.3) is 5.91 Å². The van der Waals surface area contributed by atoms with E-state index in [0.29, 0.717) is 5.56 Å². The van der Waals surface area contributed by atoms with Gasteiger partial charge in [-0.15, -0.1) is 0 Å². The van der Waals surface area contributed by atoms with Crippen LogP contribution in [0.2, 0.25) is 0 Å². The van der Waals surface area contributed by atoms with Gasteiger partial charge in [-0.05, 0) is 31.4 Å². The molecule has 2 aliphatic heterocycles. The number of aromatic nitrogens is 1. The number of pyridine rings is 1. The van der Waals surface area contributed by atoms with Crippen LogP contribution in [-0.4, -0.2) is 51.8 Å². The SMILES string of the molecule is CC(=O)N1CCC12CCN(C(=O)c1cccnc1)CC2. The Labute approximate surface area is 118 Å². The smallest absolute Gasteiger partial charge is 0.255 e. The van der Waals surface area contributed by atoms with Crippen LogP contribution in [0.25, 0.3) is 0 Å². The minimum Gasteiger partial charge on any atom is -0.338 e. The maximum Gasteiger partial charge on any atom is 0.255 e. The van der Waals surface area contributed by atoms with Crippen LogP contribution in [0.4, 0.5) is 0 Å². The number of carbonyl (C=O) groups excluding carboxylic acids is 2. The summed E-state index contributed by atoms with van der Waals surface area (Å²) in [6, 6.07) is 3.58. The lowest BCUT2D eigenvalue weighted by Crippen LogP contribution is -2.65. The number of nitrogens with zero attached hydrogens (tertiary/aromatic N) is 3. The van der Waals surface area contributed by atoms with Crippen molar-refractivity contribution in [3.05, 3.63) is 30.1 Å². The fourth-order valence-corrected chi connectivity index (χ4v) is 3.35. The zero-order valence-corrected chi connectivity index (χ0v) is 11.7. The number of hydrogen-bond acceptors (Lipinski definition) is 3. The molecule has 5 nitrogen and oxygen atoms in total. The van der Waals surface area contributed by atoms with Gasteiger partial charge in [0.2, 0.25) is 5.91 Å². The molecule has 0 bridgehead atoms. The highest BCUT2D eigenvalue weighted by atomic mass is 16.2. The van der Waals surface area contributed by atoms with Gasteiger partial charge < -0.3 is 9.80 Å². The summed E-state index contributed by atoms with van der Waals surface area (Å²) in [6.45, 7) is 3.94. The van der Waals surface area contributed by atoms with Crippen LogP contribution >= 0.6 is 0 Å². The van der Waals surface area contributed by atoms with Crippen molar-refractivity contribution < 1.29 is 9.59 Å². The van der Waals surface area contributed by atoms with Crippen LogP contribution in [0.5, 0.6) is 0 Å². The third kappa shape index (κ3) is 2.07. The molecule has 2 saturated heterocycles. The van der Waals surface area contributed by atoms with E-state index in [4.69, 9.17) is 0 Å². The summed E-state index contributed by atoms with van der Waals surface area (Å²) in [4.78, 5) is 31.7. The first-order valence-corrected chi connectivity index (χ1v) is 7.10. The summed E-state index contributed by atoms with van der Waals surface area (Å²) < 4.78 is 0. The van der Waals surface area contributed by atoms with Crippen LogP contribution < -0.4 is 0 Å². The maximum atomic E-state index is 12.3. The normalized spacial score (nSPS) is 20.6. The molecule has 2 amide bonds. The summed E-state index contributed by atoms with van der Waals surface area (Å²) in [5.74, 6) is 0.199. The lowest BCUT2D eigenvalue weighted by Gasteiger charge is -2.56. The van der Waals surface area contributed by atoms with Gasteiger partial charge >= 0.3 is 0 Å². The topological polar surface area (TPSA) is 53.5 Å². The number of likely N-dealkylation sites (tertiary alicyclic amines) is 2. The standard InChI is InChI=1S/C15H19N3O2/c1-12(19)18-10-6-15(18)4-8-17(9-5-15)14(20)13-3-2-7-16-11-13/h2-3,7,11H,4-6,8-10H2,1H3. The number of piperidine rings is 1. The molecule has 0 aliphatic carbocycles. The largest absolute Gasteiger partial charge is 0.338 e. The zero-order valence-electron chi connectivity index (χ0n) is 11.7. The van der Waals surface area contributed by atoms with Gasteiger partial charge in [-0.1, -0.05) is 0 Å². The molecule has 3 heterocycles. The van der Waals surface area contributed by atoms with Crippen LogP contribution in [0, 0.1) is 0 Å². The summed E-state index contributed by atoms with van der Waals surface area (Å²) in [5.41, 5.74) is 0.665. The summed E-state index contributed by atoms with van der Waals surface area (Å²) in [5, 5.41) is 0. The predicted octanol–water partition coefficient (Wildman–Crippen LogP) is 1.31. The molecule has 0 N–H and O–H groups in total. The Balaban J connectivity index is 1.65. The van der Waals surface area contributed by atoms with Crippen molar-refractivity contribution in [3.8, 4) is 0 Å². The van der Waals surface area contributed by atoms with Crippen LogP contribution in [-0.2, 0) is 4.79 Å². The second kappa shape index (κ2) is 4.89. The Bertz CT molecular complexity index is 521. The Hall–Kier alpha value is -1.91. The van der Waals surface area contributed by atoms with Gasteiger partial charge in [-0.25, -0.2) is 0 Å². The van der Waals surface area contributed by atoms with Crippen molar-refractivity contribution in [2.75, 3.05) is 19.6 Å². The van der Waals surface area contributed by atoms with Gasteiger partial charge in [0.05, 0.1) is 5.56 Å². The minimum absolute atomic E-state index is 0.0253. The van der Waals surface area contributed by atoms with E-state index in [9.17, 15) is 9.59 Å². The minimum atomic E-state index is 0.0253. The Morgan fingerprint density at radius 3 is 2.40 bits per heavy atom. The quantitative estimate of drug-likeness (QED) is 0.775. The number of carbonyl (C=O) groups is 2. The second-order valence-corrected chi connectivity index (χ2v) is 5.68. The summed E-state index contributed by atoms with van der Waals surface area (Å²) in [6.07, 6.45) is 6.12. The fourth-order valence-electron chi connectivity index (χ4n) is 3.35. The number of amides is 2. The van der Waals surface area contributed by atoms with Gasteiger partial charge in [-0.2, -0.15) is 0 Å². The predicted molar refractivity (Wildman–Crippen MR) is 74.1 cm³/mol. The van der Waals surface area contributed by atoms with Crippen LogP contribution in [0.1, 0.15) is 36.5 Å². The Kier molecular flexibility index (Phi) is 3.20. The highest BCUT2D eigenvalue weighted by Gasteiger charge is 2.48. The van der Waals surface area contributed by atoms with Crippen molar-refractivity contribution in [3.63, 3.8) is 0 Å². The van der Waals surface area contributed by atoms with E-state index in [0.717, 1.165) is 38.9 Å². The molecule has 0 aromatic carbocycles. The first-order chi connectivity index (χ1) is 9.62. The molecule has 2 fully saturated rings. The Morgan fingerprint density at radius 1 is 1.20 bits per heavy atom. The average molecular weight is 273 g/mol. The van der Waals surface area contributed by atoms with Crippen molar-refractivity contribution in [2.45, 2.75) is 31.7 Å². The van der Waals surface area contributed by atoms with E-state index in [-0.39, 0.29) is 17.4 Å². The van der Waals surface area contributed by atoms with Gasteiger partial charge in [0.15, 0.2) is 0 Å². The van der Waals surface area contributed by atoms with Crippen molar-refractivity contribution in [1.82, 2.24) is 14.8 Å². The van der Waals surface area contributed by atoms with Crippen molar-refractivity contribution in [2.24, 2.45) is 0 Å². The monoisotopic (exact) mass is 273 g/mol. The molecule has 106 valence electrons. The fraction of sp³-hybridized carbons (Fsp3) is 0.533. The lowest BCUT2D eigenvalue weighted by molar-refractivity contribution is -0.148. The van der Waals surface area contributed by atoms with E-state index in [1.54, 1.807) is 31.5 Å². The van der Waals surface area contributed by atoms with E-state index in [2.05, 4.69) is 4.98 Å². The van der Waals surface area contributed by atoms with E-state index < -0.39 is 0 Å². The highest BCUT2D eigenvalue weighted by Crippen LogP contribution is 2.40. The van der Waals surface area contributed by atoms with E-state index in [1.807, 2.05) is 9.80 Å². The van der Waals surface area contributed by atoms with Gasteiger partial charge in [-0.3, -0.25) is 14.6 Å². The number of rotatable bonds is 1. The second-order valence-electron chi connectivity index (χ2n) is 5.68. The van der Waals surface area contributed by atoms with Crippen molar-refractivity contribution >= 4 is 11.8 Å². The molecule has 1 aromatic heterocycles. The molecule has 2 aliphatic rings. The molecular formula is C15H19N3O2.